The van der Waals surface area contributed by atoms with Crippen molar-refractivity contribution >= 4 is 15.9 Å². The smallest absolute Gasteiger partial charge is 0.0739 e. The SMILES string of the molecule is CCC1CN(Cc2c(Br)c(C)nn2C)C2(CCCC2)CN1. The Hall–Kier alpha value is -0.390. The second-order valence-electron chi connectivity index (χ2n) is 6.77. The Balaban J connectivity index is 1.85. The summed E-state index contributed by atoms with van der Waals surface area (Å²) >= 11 is 3.73. The third-order valence-electron chi connectivity index (χ3n) is 5.46. The Labute approximate surface area is 136 Å². The van der Waals surface area contributed by atoms with Crippen LogP contribution in [0.25, 0.3) is 0 Å². The molecule has 0 amide bonds. The van der Waals surface area contributed by atoms with E-state index in [-0.39, 0.29) is 0 Å². The highest BCUT2D eigenvalue weighted by molar-refractivity contribution is 9.10. The average molecular weight is 355 g/mol. The van der Waals surface area contributed by atoms with Crippen LogP contribution in [-0.4, -0.2) is 39.4 Å². The third-order valence-corrected chi connectivity index (χ3v) is 6.49. The molecular formula is C16H27BrN4. The van der Waals surface area contributed by atoms with E-state index in [9.17, 15) is 0 Å². The summed E-state index contributed by atoms with van der Waals surface area (Å²) in [5.41, 5.74) is 2.79. The summed E-state index contributed by atoms with van der Waals surface area (Å²) in [4.78, 5) is 2.74. The van der Waals surface area contributed by atoms with Gasteiger partial charge in [-0.25, -0.2) is 0 Å². The van der Waals surface area contributed by atoms with E-state index in [1.165, 1.54) is 42.3 Å². The number of hydrogen-bond acceptors (Lipinski definition) is 3. The maximum atomic E-state index is 4.56. The van der Waals surface area contributed by atoms with E-state index in [1.54, 1.807) is 0 Å². The number of rotatable bonds is 3. The molecule has 0 radical (unpaired) electrons. The molecule has 1 aromatic heterocycles. The quantitative estimate of drug-likeness (QED) is 0.905. The molecule has 2 heterocycles. The molecule has 1 saturated carbocycles. The van der Waals surface area contributed by atoms with Gasteiger partial charge < -0.3 is 5.32 Å². The number of aromatic nitrogens is 2. The Bertz CT molecular complexity index is 505. The van der Waals surface area contributed by atoms with E-state index >= 15 is 0 Å². The van der Waals surface area contributed by atoms with Crippen LogP contribution in [0.1, 0.15) is 50.4 Å². The fraction of sp³-hybridized carbons (Fsp3) is 0.812. The van der Waals surface area contributed by atoms with Gasteiger partial charge in [0.05, 0.1) is 15.9 Å². The minimum atomic E-state index is 0.378. The topological polar surface area (TPSA) is 33.1 Å². The molecule has 2 fully saturated rings. The van der Waals surface area contributed by atoms with E-state index in [0.29, 0.717) is 11.6 Å². The van der Waals surface area contributed by atoms with Crippen LogP contribution < -0.4 is 5.32 Å². The maximum absolute atomic E-state index is 4.56. The molecule has 118 valence electrons. The van der Waals surface area contributed by atoms with Gasteiger partial charge in [-0.05, 0) is 42.1 Å². The van der Waals surface area contributed by atoms with Crippen molar-refractivity contribution in [2.24, 2.45) is 7.05 Å². The van der Waals surface area contributed by atoms with Gasteiger partial charge in [0.1, 0.15) is 0 Å². The molecule has 5 heteroatoms. The van der Waals surface area contributed by atoms with Gasteiger partial charge in [-0.2, -0.15) is 5.10 Å². The summed E-state index contributed by atoms with van der Waals surface area (Å²) in [6.07, 6.45) is 6.63. The van der Waals surface area contributed by atoms with Crippen molar-refractivity contribution in [3.8, 4) is 0 Å². The van der Waals surface area contributed by atoms with Gasteiger partial charge in [-0.3, -0.25) is 9.58 Å². The number of piperazine rings is 1. The van der Waals surface area contributed by atoms with Gasteiger partial charge in [-0.1, -0.05) is 19.8 Å². The fourth-order valence-electron chi connectivity index (χ4n) is 4.03. The molecular weight excluding hydrogens is 328 g/mol. The van der Waals surface area contributed by atoms with Crippen LogP contribution in [0.5, 0.6) is 0 Å². The van der Waals surface area contributed by atoms with E-state index in [0.717, 1.165) is 25.3 Å². The van der Waals surface area contributed by atoms with Crippen molar-refractivity contribution in [3.63, 3.8) is 0 Å². The normalized spacial score (nSPS) is 25.8. The zero-order valence-electron chi connectivity index (χ0n) is 13.5. The highest BCUT2D eigenvalue weighted by Crippen LogP contribution is 2.38. The van der Waals surface area contributed by atoms with E-state index in [4.69, 9.17) is 0 Å². The molecule has 1 aliphatic carbocycles. The minimum absolute atomic E-state index is 0.378. The largest absolute Gasteiger partial charge is 0.311 e. The van der Waals surface area contributed by atoms with Crippen LogP contribution in [0.3, 0.4) is 0 Å². The lowest BCUT2D eigenvalue weighted by Gasteiger charge is -2.48. The first-order valence-corrected chi connectivity index (χ1v) is 9.01. The zero-order chi connectivity index (χ0) is 15.0. The first-order chi connectivity index (χ1) is 10.1. The Morgan fingerprint density at radius 1 is 1.38 bits per heavy atom. The minimum Gasteiger partial charge on any atom is -0.311 e. The Kier molecular flexibility index (Phi) is 4.44. The molecule has 0 aromatic carbocycles. The molecule has 2 aliphatic rings. The molecule has 1 aromatic rings. The van der Waals surface area contributed by atoms with Gasteiger partial charge >= 0.3 is 0 Å². The predicted octanol–water partition coefficient (Wildman–Crippen LogP) is 2.99. The molecule has 1 aliphatic heterocycles. The van der Waals surface area contributed by atoms with Gasteiger partial charge in [0.15, 0.2) is 0 Å². The second kappa shape index (κ2) is 6.01. The Morgan fingerprint density at radius 2 is 2.10 bits per heavy atom. The predicted molar refractivity (Wildman–Crippen MR) is 89.3 cm³/mol. The van der Waals surface area contributed by atoms with Crippen LogP contribution >= 0.6 is 15.9 Å². The number of nitrogens with one attached hydrogen (secondary N) is 1. The van der Waals surface area contributed by atoms with E-state index in [2.05, 4.69) is 52.1 Å². The molecule has 0 bridgehead atoms. The molecule has 1 saturated heterocycles. The first kappa shape index (κ1) is 15.5. The van der Waals surface area contributed by atoms with Gasteiger partial charge in [0.25, 0.3) is 0 Å². The molecule has 1 unspecified atom stereocenters. The van der Waals surface area contributed by atoms with Crippen LogP contribution in [0, 0.1) is 6.92 Å². The molecule has 4 nitrogen and oxygen atoms in total. The van der Waals surface area contributed by atoms with Crippen LogP contribution in [0.2, 0.25) is 0 Å². The van der Waals surface area contributed by atoms with Crippen molar-refractivity contribution in [1.29, 1.82) is 0 Å². The summed E-state index contributed by atoms with van der Waals surface area (Å²) in [5, 5.41) is 8.33. The lowest BCUT2D eigenvalue weighted by atomic mass is 9.90. The number of nitrogens with zero attached hydrogens (tertiary/aromatic N) is 3. The van der Waals surface area contributed by atoms with Crippen molar-refractivity contribution in [3.05, 3.63) is 15.9 Å². The second-order valence-corrected chi connectivity index (χ2v) is 7.56. The van der Waals surface area contributed by atoms with E-state index < -0.39 is 0 Å². The molecule has 3 rings (SSSR count). The Morgan fingerprint density at radius 3 is 2.67 bits per heavy atom. The van der Waals surface area contributed by atoms with Crippen LogP contribution in [-0.2, 0) is 13.6 Å². The van der Waals surface area contributed by atoms with Crippen molar-refractivity contribution in [1.82, 2.24) is 20.0 Å². The van der Waals surface area contributed by atoms with Crippen molar-refractivity contribution < 1.29 is 0 Å². The van der Waals surface area contributed by atoms with Crippen LogP contribution in [0.15, 0.2) is 4.47 Å². The molecule has 1 spiro atoms. The maximum Gasteiger partial charge on any atom is 0.0739 e. The van der Waals surface area contributed by atoms with Crippen molar-refractivity contribution in [2.75, 3.05) is 13.1 Å². The average Bonchev–Trinajstić information content (AvgIpc) is 3.03. The summed E-state index contributed by atoms with van der Waals surface area (Å²) < 4.78 is 3.23. The molecule has 1 atom stereocenters. The highest BCUT2D eigenvalue weighted by atomic mass is 79.9. The summed E-state index contributed by atoms with van der Waals surface area (Å²) in [6, 6.07) is 0.629. The van der Waals surface area contributed by atoms with Gasteiger partial charge in [0.2, 0.25) is 0 Å². The monoisotopic (exact) mass is 354 g/mol. The zero-order valence-corrected chi connectivity index (χ0v) is 15.0. The summed E-state index contributed by atoms with van der Waals surface area (Å²) in [7, 11) is 2.06. The standard InChI is InChI=1S/C16H27BrN4/c1-4-13-9-21(16(11-18-13)7-5-6-8-16)10-14-15(17)12(2)19-20(14)3/h13,18H,4-11H2,1-3H3. The van der Waals surface area contributed by atoms with Gasteiger partial charge in [0, 0.05) is 38.3 Å². The molecule has 1 N–H and O–H groups in total. The lowest BCUT2D eigenvalue weighted by Crippen LogP contribution is -2.63. The van der Waals surface area contributed by atoms with E-state index in [1.807, 2.05) is 4.68 Å². The number of aryl methyl sites for hydroxylation is 2. The fourth-order valence-corrected chi connectivity index (χ4v) is 4.50. The summed E-state index contributed by atoms with van der Waals surface area (Å²) in [5.74, 6) is 0. The number of hydrogen-bond donors (Lipinski definition) is 1. The number of halogens is 1. The van der Waals surface area contributed by atoms with Crippen LogP contribution in [0.4, 0.5) is 0 Å². The summed E-state index contributed by atoms with van der Waals surface area (Å²) in [6.45, 7) is 7.68. The molecule has 21 heavy (non-hydrogen) atoms. The third kappa shape index (κ3) is 2.80. The first-order valence-electron chi connectivity index (χ1n) is 8.22. The highest BCUT2D eigenvalue weighted by Gasteiger charge is 2.43. The van der Waals surface area contributed by atoms with Gasteiger partial charge in [-0.15, -0.1) is 0 Å². The van der Waals surface area contributed by atoms with Crippen molar-refractivity contribution in [2.45, 2.75) is 64.1 Å². The lowest BCUT2D eigenvalue weighted by molar-refractivity contribution is 0.0328.